The van der Waals surface area contributed by atoms with Crippen molar-refractivity contribution in [2.75, 3.05) is 19.7 Å². The number of carbonyl (C=O) groups is 3. The van der Waals surface area contributed by atoms with Crippen LogP contribution in [0.2, 0.25) is 0 Å². The molecule has 0 fully saturated rings. The summed E-state index contributed by atoms with van der Waals surface area (Å²) >= 11 is 0. The molecule has 2 unspecified atom stereocenters. The number of aliphatic hydroxyl groups excluding tert-OH is 1. The van der Waals surface area contributed by atoms with Crippen molar-refractivity contribution < 1.29 is 24.2 Å². The molecule has 1 rings (SSSR count). The van der Waals surface area contributed by atoms with Crippen molar-refractivity contribution in [2.45, 2.75) is 72.1 Å². The maximum absolute atomic E-state index is 13.5. The van der Waals surface area contributed by atoms with Crippen LogP contribution in [0.5, 0.6) is 0 Å². The minimum Gasteiger partial charge on any atom is -0.444 e. The molecular formula is C25H39N3O5. The van der Waals surface area contributed by atoms with Gasteiger partial charge in [0.15, 0.2) is 0 Å². The predicted octanol–water partition coefficient (Wildman–Crippen LogP) is 3.16. The molecule has 8 nitrogen and oxygen atoms in total. The van der Waals surface area contributed by atoms with E-state index in [0.717, 1.165) is 24.0 Å². The number of hydrogen-bond donors (Lipinski definition) is 3. The van der Waals surface area contributed by atoms with Crippen molar-refractivity contribution >= 4 is 17.9 Å². The maximum Gasteiger partial charge on any atom is 0.408 e. The Labute approximate surface area is 197 Å². The van der Waals surface area contributed by atoms with Crippen LogP contribution < -0.4 is 10.6 Å². The van der Waals surface area contributed by atoms with Gasteiger partial charge in [-0.05, 0) is 52.2 Å². The maximum atomic E-state index is 13.5. The third-order valence-electron chi connectivity index (χ3n) is 4.90. The van der Waals surface area contributed by atoms with Gasteiger partial charge >= 0.3 is 6.09 Å². The molecule has 1 aromatic rings. The Morgan fingerprint density at radius 1 is 1.24 bits per heavy atom. The highest BCUT2D eigenvalue weighted by atomic mass is 16.6. The molecule has 8 heteroatoms. The number of aryl methyl sites for hydroxylation is 2. The van der Waals surface area contributed by atoms with Gasteiger partial charge in [0.25, 0.3) is 0 Å². The van der Waals surface area contributed by atoms with E-state index in [1.165, 1.54) is 11.0 Å². The zero-order chi connectivity index (χ0) is 25.2. The second kappa shape index (κ2) is 13.0. The summed E-state index contributed by atoms with van der Waals surface area (Å²) in [5.74, 6) is -0.943. The Morgan fingerprint density at radius 3 is 2.45 bits per heavy atom. The Morgan fingerprint density at radius 2 is 1.91 bits per heavy atom. The van der Waals surface area contributed by atoms with E-state index in [1.807, 2.05) is 39.0 Å². The monoisotopic (exact) mass is 461 g/mol. The second-order valence-corrected chi connectivity index (χ2v) is 9.07. The van der Waals surface area contributed by atoms with E-state index in [-0.39, 0.29) is 12.5 Å². The number of rotatable bonds is 11. The van der Waals surface area contributed by atoms with E-state index >= 15 is 0 Å². The second-order valence-electron chi connectivity index (χ2n) is 9.07. The number of amides is 3. The molecule has 3 N–H and O–H groups in total. The number of carbonyl (C=O) groups excluding carboxylic acids is 3. The molecule has 1 aromatic carbocycles. The number of benzene rings is 1. The molecular weight excluding hydrogens is 422 g/mol. The number of nitrogens with zero attached hydrogens (tertiary/aromatic N) is 1. The molecule has 0 aliphatic heterocycles. The predicted molar refractivity (Wildman–Crippen MR) is 129 cm³/mol. The standard InChI is InChI=1S/C25H39N3O5/c1-8-10-13-26-22(30)21(19-15-17(3)11-12-18(19)4)28(14-9-2)23(31)20(16-29)27-24(32)33-25(5,6)7/h9,11-12,15,20-21,29H,2,8,10,13-14,16H2,1,3-7H3,(H,26,30)(H,27,32). The van der Waals surface area contributed by atoms with Gasteiger partial charge in [-0.15, -0.1) is 6.58 Å². The molecule has 0 aromatic heterocycles. The van der Waals surface area contributed by atoms with Crippen LogP contribution in [0.4, 0.5) is 4.79 Å². The van der Waals surface area contributed by atoms with Gasteiger partial charge < -0.3 is 25.4 Å². The van der Waals surface area contributed by atoms with Crippen molar-refractivity contribution in [3.8, 4) is 0 Å². The lowest BCUT2D eigenvalue weighted by Crippen LogP contribution is -2.54. The van der Waals surface area contributed by atoms with Crippen LogP contribution in [-0.4, -0.2) is 59.3 Å². The largest absolute Gasteiger partial charge is 0.444 e. The average molecular weight is 462 g/mol. The van der Waals surface area contributed by atoms with Gasteiger partial charge in [-0.25, -0.2) is 4.79 Å². The van der Waals surface area contributed by atoms with Crippen molar-refractivity contribution in [3.05, 3.63) is 47.5 Å². The van der Waals surface area contributed by atoms with Gasteiger partial charge in [0.1, 0.15) is 17.7 Å². The summed E-state index contributed by atoms with van der Waals surface area (Å²) in [6.07, 6.45) is 2.40. The Kier molecular flexibility index (Phi) is 11.1. The van der Waals surface area contributed by atoms with Gasteiger partial charge in [-0.3, -0.25) is 9.59 Å². The molecule has 3 amide bonds. The average Bonchev–Trinajstić information content (AvgIpc) is 2.72. The van der Waals surface area contributed by atoms with Crippen molar-refractivity contribution in [3.63, 3.8) is 0 Å². The molecule has 0 bridgehead atoms. The lowest BCUT2D eigenvalue weighted by molar-refractivity contribution is -0.142. The van der Waals surface area contributed by atoms with Crippen LogP contribution in [0.15, 0.2) is 30.9 Å². The first-order valence-electron chi connectivity index (χ1n) is 11.3. The Balaban J connectivity index is 3.36. The summed E-state index contributed by atoms with van der Waals surface area (Å²) < 4.78 is 5.22. The number of hydrogen-bond acceptors (Lipinski definition) is 5. The zero-order valence-corrected chi connectivity index (χ0v) is 20.7. The summed E-state index contributed by atoms with van der Waals surface area (Å²) in [6.45, 7) is 14.5. The zero-order valence-electron chi connectivity index (χ0n) is 20.7. The lowest BCUT2D eigenvalue weighted by Gasteiger charge is -2.34. The molecule has 0 heterocycles. The summed E-state index contributed by atoms with van der Waals surface area (Å²) in [5, 5.41) is 15.2. The number of nitrogens with one attached hydrogen (secondary N) is 2. The summed E-state index contributed by atoms with van der Waals surface area (Å²) in [6, 6.07) is 3.47. The van der Waals surface area contributed by atoms with E-state index in [1.54, 1.807) is 20.8 Å². The van der Waals surface area contributed by atoms with Gasteiger partial charge in [0.05, 0.1) is 6.61 Å². The quantitative estimate of drug-likeness (QED) is 0.347. The van der Waals surface area contributed by atoms with Crippen molar-refractivity contribution in [1.82, 2.24) is 15.5 Å². The minimum absolute atomic E-state index is 0.0462. The topological polar surface area (TPSA) is 108 Å². The Hall–Kier alpha value is -2.87. The molecule has 0 saturated carbocycles. The van der Waals surface area contributed by atoms with Crippen LogP contribution in [0.25, 0.3) is 0 Å². The van der Waals surface area contributed by atoms with Crippen LogP contribution in [0.1, 0.15) is 63.3 Å². The molecule has 0 aliphatic rings. The molecule has 2 atom stereocenters. The smallest absolute Gasteiger partial charge is 0.408 e. The summed E-state index contributed by atoms with van der Waals surface area (Å²) in [4.78, 5) is 40.4. The molecule has 0 saturated heterocycles. The first kappa shape index (κ1) is 28.2. The van der Waals surface area contributed by atoms with Gasteiger partial charge in [-0.1, -0.05) is 43.2 Å². The highest BCUT2D eigenvalue weighted by Crippen LogP contribution is 2.26. The third kappa shape index (κ3) is 8.88. The van der Waals surface area contributed by atoms with Crippen LogP contribution >= 0.6 is 0 Å². The highest BCUT2D eigenvalue weighted by Gasteiger charge is 2.36. The summed E-state index contributed by atoms with van der Waals surface area (Å²) in [7, 11) is 0. The molecule has 184 valence electrons. The van der Waals surface area contributed by atoms with E-state index < -0.39 is 36.3 Å². The fraction of sp³-hybridized carbons (Fsp3) is 0.560. The molecule has 0 spiro atoms. The van der Waals surface area contributed by atoms with E-state index in [9.17, 15) is 19.5 Å². The highest BCUT2D eigenvalue weighted by molar-refractivity contribution is 5.92. The SMILES string of the molecule is C=CCN(C(=O)C(CO)NC(=O)OC(C)(C)C)C(C(=O)NCCCC)c1cc(C)ccc1C. The lowest BCUT2D eigenvalue weighted by atomic mass is 9.96. The molecule has 33 heavy (non-hydrogen) atoms. The number of ether oxygens (including phenoxy) is 1. The first-order valence-corrected chi connectivity index (χ1v) is 11.3. The number of aliphatic hydroxyl groups is 1. The first-order chi connectivity index (χ1) is 15.4. The van der Waals surface area contributed by atoms with Crippen LogP contribution in [0, 0.1) is 13.8 Å². The summed E-state index contributed by atoms with van der Waals surface area (Å²) in [5.41, 5.74) is 1.69. The fourth-order valence-corrected chi connectivity index (χ4v) is 3.29. The normalized spacial score (nSPS) is 12.9. The number of alkyl carbamates (subject to hydrolysis) is 1. The fourth-order valence-electron chi connectivity index (χ4n) is 3.29. The van der Waals surface area contributed by atoms with Gasteiger partial charge in [0.2, 0.25) is 11.8 Å². The van der Waals surface area contributed by atoms with E-state index in [2.05, 4.69) is 17.2 Å². The van der Waals surface area contributed by atoms with Gasteiger partial charge in [-0.2, -0.15) is 0 Å². The third-order valence-corrected chi connectivity index (χ3v) is 4.90. The van der Waals surface area contributed by atoms with E-state index in [0.29, 0.717) is 12.1 Å². The number of unbranched alkanes of at least 4 members (excludes halogenated alkanes) is 1. The van der Waals surface area contributed by atoms with Gasteiger partial charge in [0, 0.05) is 13.1 Å². The molecule has 0 radical (unpaired) electrons. The van der Waals surface area contributed by atoms with Crippen LogP contribution in [0.3, 0.4) is 0 Å². The van der Waals surface area contributed by atoms with Crippen molar-refractivity contribution in [1.29, 1.82) is 0 Å². The molecule has 0 aliphatic carbocycles. The Bertz CT molecular complexity index is 832. The van der Waals surface area contributed by atoms with E-state index in [4.69, 9.17) is 4.74 Å². The minimum atomic E-state index is -1.28. The van der Waals surface area contributed by atoms with Crippen LogP contribution in [-0.2, 0) is 14.3 Å². The van der Waals surface area contributed by atoms with Crippen molar-refractivity contribution in [2.24, 2.45) is 0 Å².